The summed E-state index contributed by atoms with van der Waals surface area (Å²) in [6, 6.07) is -0.319. The van der Waals surface area contributed by atoms with E-state index >= 15 is 0 Å². The fourth-order valence-corrected chi connectivity index (χ4v) is 0.914. The molecule has 2 N–H and O–H groups in total. The molecule has 0 heterocycles. The molecule has 0 aliphatic heterocycles. The summed E-state index contributed by atoms with van der Waals surface area (Å²) in [6.07, 6.45) is 7.07. The number of nitrogens with one attached hydrogen (secondary N) is 2. The van der Waals surface area contributed by atoms with E-state index in [9.17, 15) is 4.79 Å². The fraction of sp³-hybridized carbons (Fsp3) is 0.700. The summed E-state index contributed by atoms with van der Waals surface area (Å²) >= 11 is 0. The molecule has 74 valence electrons. The first kappa shape index (κ1) is 12.0. The van der Waals surface area contributed by atoms with Gasteiger partial charge in [0.2, 0.25) is 5.91 Å². The fourth-order valence-electron chi connectivity index (χ4n) is 0.914. The van der Waals surface area contributed by atoms with Crippen molar-refractivity contribution in [1.82, 2.24) is 10.6 Å². The first-order chi connectivity index (χ1) is 6.15. The van der Waals surface area contributed by atoms with Crippen LogP contribution in [-0.4, -0.2) is 25.0 Å². The topological polar surface area (TPSA) is 41.1 Å². The van der Waals surface area contributed by atoms with E-state index in [0.717, 1.165) is 12.8 Å². The molecular formula is C10H18N2O. The number of likely N-dealkylation sites (N-methyl/N-ethyl adjacent to an activating group) is 1. The average molecular weight is 182 g/mol. The van der Waals surface area contributed by atoms with Crippen molar-refractivity contribution in [2.45, 2.75) is 38.8 Å². The minimum Gasteiger partial charge on any atom is -0.341 e. The Labute approximate surface area is 80.3 Å². The van der Waals surface area contributed by atoms with Gasteiger partial charge in [0.15, 0.2) is 0 Å². The van der Waals surface area contributed by atoms with E-state index in [1.807, 2.05) is 6.92 Å². The molecule has 3 heteroatoms. The standard InChI is InChI=1S/C10H18N2O/c1-5-7-9(6-2)12-10(13)8(3)11-4/h2,8-9,11H,5,7H2,1,3-4H3,(H,12,13). The molecule has 0 aliphatic carbocycles. The Kier molecular flexibility index (Phi) is 5.99. The zero-order valence-electron chi connectivity index (χ0n) is 8.55. The summed E-state index contributed by atoms with van der Waals surface area (Å²) in [7, 11) is 1.74. The Morgan fingerprint density at radius 2 is 2.23 bits per heavy atom. The van der Waals surface area contributed by atoms with E-state index in [4.69, 9.17) is 6.42 Å². The number of terminal acetylenes is 1. The average Bonchev–Trinajstić information content (AvgIpc) is 2.15. The maximum Gasteiger partial charge on any atom is 0.237 e. The van der Waals surface area contributed by atoms with E-state index in [1.165, 1.54) is 0 Å². The van der Waals surface area contributed by atoms with Crippen LogP contribution in [0.3, 0.4) is 0 Å². The van der Waals surface area contributed by atoms with Crippen LogP contribution < -0.4 is 10.6 Å². The molecule has 0 spiro atoms. The van der Waals surface area contributed by atoms with Crippen molar-refractivity contribution < 1.29 is 4.79 Å². The second-order valence-corrected chi connectivity index (χ2v) is 3.03. The van der Waals surface area contributed by atoms with Gasteiger partial charge in [-0.25, -0.2) is 0 Å². The normalized spacial score (nSPS) is 14.3. The van der Waals surface area contributed by atoms with Crippen LogP contribution >= 0.6 is 0 Å². The van der Waals surface area contributed by atoms with Crippen LogP contribution in [0.25, 0.3) is 0 Å². The summed E-state index contributed by atoms with van der Waals surface area (Å²) in [6.45, 7) is 3.84. The molecule has 0 aromatic heterocycles. The molecule has 0 saturated heterocycles. The highest BCUT2D eigenvalue weighted by Gasteiger charge is 2.13. The van der Waals surface area contributed by atoms with E-state index in [-0.39, 0.29) is 18.0 Å². The van der Waals surface area contributed by atoms with Crippen LogP contribution in [0.15, 0.2) is 0 Å². The van der Waals surface area contributed by atoms with Crippen LogP contribution in [-0.2, 0) is 4.79 Å². The summed E-state index contributed by atoms with van der Waals surface area (Å²) in [5, 5.41) is 5.64. The monoisotopic (exact) mass is 182 g/mol. The van der Waals surface area contributed by atoms with Crippen LogP contribution in [0.1, 0.15) is 26.7 Å². The maximum absolute atomic E-state index is 11.3. The molecule has 2 atom stereocenters. The van der Waals surface area contributed by atoms with Crippen LogP contribution in [0.5, 0.6) is 0 Å². The van der Waals surface area contributed by atoms with Gasteiger partial charge in [0.05, 0.1) is 12.1 Å². The largest absolute Gasteiger partial charge is 0.341 e. The predicted molar refractivity (Wildman–Crippen MR) is 54.2 cm³/mol. The van der Waals surface area contributed by atoms with Gasteiger partial charge in [-0.3, -0.25) is 4.79 Å². The van der Waals surface area contributed by atoms with Gasteiger partial charge in [0, 0.05) is 0 Å². The lowest BCUT2D eigenvalue weighted by Gasteiger charge is -2.15. The third-order valence-corrected chi connectivity index (χ3v) is 1.92. The Balaban J connectivity index is 3.95. The molecule has 13 heavy (non-hydrogen) atoms. The first-order valence-corrected chi connectivity index (χ1v) is 4.59. The van der Waals surface area contributed by atoms with Crippen molar-refractivity contribution in [2.75, 3.05) is 7.05 Å². The van der Waals surface area contributed by atoms with Crippen molar-refractivity contribution in [3.8, 4) is 12.3 Å². The second kappa shape index (κ2) is 6.50. The molecule has 0 aromatic carbocycles. The Bertz CT molecular complexity index is 196. The highest BCUT2D eigenvalue weighted by Crippen LogP contribution is 1.95. The van der Waals surface area contributed by atoms with Gasteiger partial charge in [-0.05, 0) is 20.4 Å². The van der Waals surface area contributed by atoms with E-state index in [0.29, 0.717) is 0 Å². The van der Waals surface area contributed by atoms with Crippen LogP contribution in [0.4, 0.5) is 0 Å². The molecule has 1 amide bonds. The highest BCUT2D eigenvalue weighted by atomic mass is 16.2. The zero-order chi connectivity index (χ0) is 10.3. The molecule has 0 aromatic rings. The Morgan fingerprint density at radius 1 is 1.62 bits per heavy atom. The zero-order valence-corrected chi connectivity index (χ0v) is 8.55. The summed E-state index contributed by atoms with van der Waals surface area (Å²) in [4.78, 5) is 11.3. The molecule has 0 radical (unpaired) electrons. The van der Waals surface area contributed by atoms with E-state index in [2.05, 4.69) is 16.6 Å². The molecule has 0 rings (SSSR count). The van der Waals surface area contributed by atoms with Gasteiger partial charge in [-0.15, -0.1) is 6.42 Å². The second-order valence-electron chi connectivity index (χ2n) is 3.03. The summed E-state index contributed by atoms with van der Waals surface area (Å²) in [5.74, 6) is 2.51. The van der Waals surface area contributed by atoms with E-state index < -0.39 is 0 Å². The van der Waals surface area contributed by atoms with Crippen molar-refractivity contribution in [3.63, 3.8) is 0 Å². The van der Waals surface area contributed by atoms with E-state index in [1.54, 1.807) is 14.0 Å². The van der Waals surface area contributed by atoms with Gasteiger partial charge in [0.1, 0.15) is 0 Å². The lowest BCUT2D eigenvalue weighted by Crippen LogP contribution is -2.44. The van der Waals surface area contributed by atoms with Crippen LogP contribution in [0.2, 0.25) is 0 Å². The highest BCUT2D eigenvalue weighted by molar-refractivity contribution is 5.81. The van der Waals surface area contributed by atoms with Crippen molar-refractivity contribution in [1.29, 1.82) is 0 Å². The quantitative estimate of drug-likeness (QED) is 0.608. The molecular weight excluding hydrogens is 164 g/mol. The van der Waals surface area contributed by atoms with Gasteiger partial charge in [0.25, 0.3) is 0 Å². The molecule has 0 aliphatic rings. The number of rotatable bonds is 5. The minimum absolute atomic E-state index is 0.0427. The van der Waals surface area contributed by atoms with Crippen molar-refractivity contribution in [3.05, 3.63) is 0 Å². The molecule has 0 saturated carbocycles. The number of hydrogen-bond donors (Lipinski definition) is 2. The van der Waals surface area contributed by atoms with Gasteiger partial charge < -0.3 is 10.6 Å². The predicted octanol–water partition coefficient (Wildman–Crippen LogP) is 0.512. The number of carbonyl (C=O) groups excluding carboxylic acids is 1. The summed E-state index contributed by atoms with van der Waals surface area (Å²) in [5.41, 5.74) is 0. The number of carbonyl (C=O) groups is 1. The molecule has 3 nitrogen and oxygen atoms in total. The molecule has 0 bridgehead atoms. The van der Waals surface area contributed by atoms with Crippen molar-refractivity contribution in [2.24, 2.45) is 0 Å². The smallest absolute Gasteiger partial charge is 0.237 e. The lowest BCUT2D eigenvalue weighted by molar-refractivity contribution is -0.123. The van der Waals surface area contributed by atoms with Crippen LogP contribution in [0, 0.1) is 12.3 Å². The third kappa shape index (κ3) is 4.54. The van der Waals surface area contributed by atoms with Gasteiger partial charge in [-0.1, -0.05) is 19.3 Å². The van der Waals surface area contributed by atoms with Gasteiger partial charge >= 0.3 is 0 Å². The lowest BCUT2D eigenvalue weighted by atomic mass is 10.1. The molecule has 2 unspecified atom stereocenters. The van der Waals surface area contributed by atoms with Crippen molar-refractivity contribution >= 4 is 5.91 Å². The first-order valence-electron chi connectivity index (χ1n) is 4.59. The third-order valence-electron chi connectivity index (χ3n) is 1.92. The summed E-state index contributed by atoms with van der Waals surface area (Å²) < 4.78 is 0. The number of hydrogen-bond acceptors (Lipinski definition) is 2. The SMILES string of the molecule is C#CC(CCC)NC(=O)C(C)NC. The Hall–Kier alpha value is -1.01. The van der Waals surface area contributed by atoms with Gasteiger partial charge in [-0.2, -0.15) is 0 Å². The molecule has 0 fully saturated rings. The number of amides is 1. The Morgan fingerprint density at radius 3 is 2.62 bits per heavy atom. The minimum atomic E-state index is -0.187. The maximum atomic E-state index is 11.3.